The minimum atomic E-state index is -0.929. The quantitative estimate of drug-likeness (QED) is 0.720. The Morgan fingerprint density at radius 3 is 2.71 bits per heavy atom. The fourth-order valence-electron chi connectivity index (χ4n) is 3.61. The number of methoxy groups -OCH3 is 1. The molecule has 2 unspecified atom stereocenters. The Bertz CT molecular complexity index is 1070. The Balaban J connectivity index is 1.63. The molecule has 1 aromatic heterocycles. The lowest BCUT2D eigenvalue weighted by Crippen LogP contribution is -2.43. The van der Waals surface area contributed by atoms with Gasteiger partial charge in [0.15, 0.2) is 35.1 Å². The minimum Gasteiger partial charge on any atom is -0.493 e. The average molecular weight is 382 g/mol. The Morgan fingerprint density at radius 1 is 1.07 bits per heavy atom. The first-order chi connectivity index (χ1) is 13.7. The van der Waals surface area contributed by atoms with Crippen molar-refractivity contribution < 1.29 is 22.7 Å². The molecule has 1 N–H and O–H groups in total. The van der Waals surface area contributed by atoms with E-state index in [1.54, 1.807) is 25.5 Å². The summed E-state index contributed by atoms with van der Waals surface area (Å²) in [5, 5.41) is 1.84. The van der Waals surface area contributed by atoms with Gasteiger partial charge in [-0.2, -0.15) is 5.01 Å². The molecule has 0 aliphatic carbocycles. The molecule has 0 spiro atoms. The van der Waals surface area contributed by atoms with Crippen molar-refractivity contribution in [2.45, 2.75) is 12.3 Å². The van der Waals surface area contributed by atoms with Crippen LogP contribution in [0.1, 0.15) is 29.2 Å². The van der Waals surface area contributed by atoms with E-state index in [4.69, 9.17) is 13.9 Å². The average Bonchev–Trinajstić information content (AvgIpc) is 3.38. The molecule has 7 heteroatoms. The Labute approximate surface area is 159 Å². The van der Waals surface area contributed by atoms with Crippen molar-refractivity contribution in [1.29, 1.82) is 0 Å². The standard InChI is InChI=1S/C21H16F2N2O3/c1-26-19-5-2-4-13-17-11-16(18-6-3-9-27-18)24-25(17)21(28-20(13)19)12-7-8-14(22)15(23)10-12/h2-11,17,21,24H,1H3. The molecule has 3 heterocycles. The number of hydrogen-bond donors (Lipinski definition) is 1. The van der Waals surface area contributed by atoms with Gasteiger partial charge in [-0.25, -0.2) is 8.78 Å². The second-order valence-electron chi connectivity index (χ2n) is 6.54. The summed E-state index contributed by atoms with van der Waals surface area (Å²) in [5.41, 5.74) is 5.41. The van der Waals surface area contributed by atoms with E-state index in [1.165, 1.54) is 6.07 Å². The van der Waals surface area contributed by atoms with Crippen molar-refractivity contribution in [3.63, 3.8) is 0 Å². The van der Waals surface area contributed by atoms with Crippen molar-refractivity contribution in [2.24, 2.45) is 0 Å². The van der Waals surface area contributed by atoms with E-state index in [0.29, 0.717) is 22.8 Å². The van der Waals surface area contributed by atoms with Crippen molar-refractivity contribution in [3.05, 3.63) is 89.4 Å². The van der Waals surface area contributed by atoms with Gasteiger partial charge < -0.3 is 19.3 Å². The second kappa shape index (κ2) is 6.38. The van der Waals surface area contributed by atoms with Crippen LogP contribution in [0.3, 0.4) is 0 Å². The first-order valence-electron chi connectivity index (χ1n) is 8.75. The molecule has 0 fully saturated rings. The van der Waals surface area contributed by atoms with E-state index in [1.807, 2.05) is 29.3 Å². The lowest BCUT2D eigenvalue weighted by molar-refractivity contribution is -0.0346. The molecule has 0 saturated heterocycles. The first-order valence-corrected chi connectivity index (χ1v) is 8.75. The number of fused-ring (bicyclic) bond motifs is 3. The summed E-state index contributed by atoms with van der Waals surface area (Å²) in [6.07, 6.45) is 2.90. The van der Waals surface area contributed by atoms with Gasteiger partial charge in [0.05, 0.1) is 25.1 Å². The number of nitrogens with one attached hydrogen (secondary N) is 1. The van der Waals surface area contributed by atoms with E-state index >= 15 is 0 Å². The maximum absolute atomic E-state index is 13.9. The van der Waals surface area contributed by atoms with Gasteiger partial charge in [0.25, 0.3) is 0 Å². The highest BCUT2D eigenvalue weighted by molar-refractivity contribution is 5.65. The lowest BCUT2D eigenvalue weighted by atomic mass is 10.0. The zero-order valence-corrected chi connectivity index (χ0v) is 14.9. The minimum absolute atomic E-state index is 0.211. The molecule has 3 aromatic rings. The molecule has 2 aromatic carbocycles. The van der Waals surface area contributed by atoms with E-state index in [2.05, 4.69) is 5.43 Å². The van der Waals surface area contributed by atoms with Gasteiger partial charge in [-0.15, -0.1) is 0 Å². The molecule has 2 atom stereocenters. The van der Waals surface area contributed by atoms with Gasteiger partial charge >= 0.3 is 0 Å². The van der Waals surface area contributed by atoms with Gasteiger partial charge in [-0.05, 0) is 36.4 Å². The number of nitrogens with zero attached hydrogens (tertiary/aromatic N) is 1. The van der Waals surface area contributed by atoms with Crippen molar-refractivity contribution in [1.82, 2.24) is 10.4 Å². The summed E-state index contributed by atoms with van der Waals surface area (Å²) in [4.78, 5) is 0. The highest BCUT2D eigenvalue weighted by atomic mass is 19.2. The highest BCUT2D eigenvalue weighted by Gasteiger charge is 2.42. The zero-order valence-electron chi connectivity index (χ0n) is 14.9. The number of ether oxygens (including phenoxy) is 2. The van der Waals surface area contributed by atoms with Gasteiger partial charge in [-0.3, -0.25) is 0 Å². The van der Waals surface area contributed by atoms with E-state index in [-0.39, 0.29) is 6.04 Å². The van der Waals surface area contributed by atoms with Gasteiger partial charge in [-0.1, -0.05) is 18.2 Å². The molecule has 0 radical (unpaired) electrons. The number of halogens is 2. The summed E-state index contributed by atoms with van der Waals surface area (Å²) in [6, 6.07) is 12.8. The number of benzene rings is 2. The fraction of sp³-hybridized carbons (Fsp3) is 0.143. The summed E-state index contributed by atoms with van der Waals surface area (Å²) >= 11 is 0. The lowest BCUT2D eigenvalue weighted by Gasteiger charge is -2.39. The van der Waals surface area contributed by atoms with Crippen LogP contribution < -0.4 is 14.9 Å². The molecule has 2 aliphatic heterocycles. The third kappa shape index (κ3) is 2.55. The zero-order chi connectivity index (χ0) is 19.3. The van der Waals surface area contributed by atoms with Gasteiger partial charge in [0.2, 0.25) is 0 Å². The predicted octanol–water partition coefficient (Wildman–Crippen LogP) is 4.56. The number of furan rings is 1. The molecule has 2 aliphatic rings. The van der Waals surface area contributed by atoms with Crippen LogP contribution in [0.5, 0.6) is 11.5 Å². The summed E-state index contributed by atoms with van der Waals surface area (Å²) in [7, 11) is 1.56. The van der Waals surface area contributed by atoms with E-state index < -0.39 is 17.9 Å². The third-order valence-electron chi connectivity index (χ3n) is 4.92. The predicted molar refractivity (Wildman–Crippen MR) is 97.1 cm³/mol. The molecule has 0 amide bonds. The Hall–Kier alpha value is -3.32. The van der Waals surface area contributed by atoms with Crippen LogP contribution in [0.15, 0.2) is 65.3 Å². The molecule has 0 saturated carbocycles. The highest BCUT2D eigenvalue weighted by Crippen LogP contribution is 2.49. The normalized spacial score (nSPS) is 20.6. The van der Waals surface area contributed by atoms with Crippen molar-refractivity contribution in [2.75, 3.05) is 7.11 Å². The summed E-state index contributed by atoms with van der Waals surface area (Å²) in [6.45, 7) is 0. The number of para-hydroxylation sites is 1. The van der Waals surface area contributed by atoms with Crippen LogP contribution in [-0.4, -0.2) is 12.1 Å². The topological polar surface area (TPSA) is 46.9 Å². The number of rotatable bonds is 3. The van der Waals surface area contributed by atoms with Gasteiger partial charge in [0, 0.05) is 11.1 Å². The molecule has 5 rings (SSSR count). The maximum atomic E-state index is 13.9. The molecular formula is C21H16F2N2O3. The fourth-order valence-corrected chi connectivity index (χ4v) is 3.61. The number of hydrazine groups is 1. The smallest absolute Gasteiger partial charge is 0.196 e. The van der Waals surface area contributed by atoms with Crippen LogP contribution in [0.25, 0.3) is 5.70 Å². The van der Waals surface area contributed by atoms with Crippen LogP contribution >= 0.6 is 0 Å². The third-order valence-corrected chi connectivity index (χ3v) is 4.92. The molecular weight excluding hydrogens is 366 g/mol. The Morgan fingerprint density at radius 2 is 1.96 bits per heavy atom. The van der Waals surface area contributed by atoms with E-state index in [0.717, 1.165) is 23.4 Å². The molecule has 28 heavy (non-hydrogen) atoms. The van der Waals surface area contributed by atoms with Crippen LogP contribution in [0.2, 0.25) is 0 Å². The largest absolute Gasteiger partial charge is 0.493 e. The van der Waals surface area contributed by atoms with E-state index in [9.17, 15) is 8.78 Å². The molecule has 142 valence electrons. The first kappa shape index (κ1) is 16.8. The molecule has 0 bridgehead atoms. The van der Waals surface area contributed by atoms with Crippen LogP contribution in [0.4, 0.5) is 8.78 Å². The van der Waals surface area contributed by atoms with Crippen LogP contribution in [-0.2, 0) is 0 Å². The van der Waals surface area contributed by atoms with Crippen molar-refractivity contribution in [3.8, 4) is 11.5 Å². The van der Waals surface area contributed by atoms with Crippen molar-refractivity contribution >= 4 is 5.70 Å². The maximum Gasteiger partial charge on any atom is 0.196 e. The second-order valence-corrected chi connectivity index (χ2v) is 6.54. The summed E-state index contributed by atoms with van der Waals surface area (Å²) < 4.78 is 44.5. The SMILES string of the molecule is COc1cccc2c1OC(c1ccc(F)c(F)c1)N1NC(c3ccco3)=CC21. The monoisotopic (exact) mass is 382 g/mol. The van der Waals surface area contributed by atoms with Gasteiger partial charge in [0.1, 0.15) is 0 Å². The number of hydrogen-bond acceptors (Lipinski definition) is 5. The summed E-state index contributed by atoms with van der Waals surface area (Å²) in [5.74, 6) is -0.0213. The Kier molecular flexibility index (Phi) is 3.84. The van der Waals surface area contributed by atoms with Crippen LogP contribution in [0, 0.1) is 11.6 Å². The molecule has 5 nitrogen and oxygen atoms in total.